The molecular formula is C11H16ClNO4. The van der Waals surface area contributed by atoms with Crippen molar-refractivity contribution in [3.63, 3.8) is 0 Å². The number of methoxy groups -OCH3 is 1. The first-order valence-corrected chi connectivity index (χ1v) is 6.10. The Morgan fingerprint density at radius 1 is 1.59 bits per heavy atom. The molecule has 17 heavy (non-hydrogen) atoms. The zero-order chi connectivity index (χ0) is 12.6. The molecule has 0 aromatic rings. The highest BCUT2D eigenvalue weighted by Crippen LogP contribution is 2.40. The van der Waals surface area contributed by atoms with Crippen LogP contribution < -0.4 is 0 Å². The number of amides is 1. The van der Waals surface area contributed by atoms with Gasteiger partial charge in [0.2, 0.25) is 5.91 Å². The molecule has 0 aromatic heterocycles. The lowest BCUT2D eigenvalue weighted by molar-refractivity contribution is -0.165. The number of hydrogen-bond acceptors (Lipinski definition) is 4. The number of rotatable bonds is 2. The summed E-state index contributed by atoms with van der Waals surface area (Å²) >= 11 is 5.78. The summed E-state index contributed by atoms with van der Waals surface area (Å²) in [5, 5.41) is -0.580. The molecule has 0 radical (unpaired) electrons. The molecule has 0 aromatic carbocycles. The molecule has 1 unspecified atom stereocenters. The molecule has 6 heteroatoms. The predicted molar refractivity (Wildman–Crippen MR) is 60.7 cm³/mol. The van der Waals surface area contributed by atoms with E-state index in [0.717, 1.165) is 6.42 Å². The van der Waals surface area contributed by atoms with E-state index in [2.05, 4.69) is 0 Å². The number of hydrogen-bond donors (Lipinski definition) is 0. The second kappa shape index (κ2) is 4.46. The van der Waals surface area contributed by atoms with Crippen molar-refractivity contribution in [1.29, 1.82) is 0 Å². The van der Waals surface area contributed by atoms with Gasteiger partial charge in [0.15, 0.2) is 5.60 Å². The summed E-state index contributed by atoms with van der Waals surface area (Å²) in [4.78, 5) is 25.2. The van der Waals surface area contributed by atoms with E-state index in [-0.39, 0.29) is 18.4 Å². The van der Waals surface area contributed by atoms with Gasteiger partial charge in [-0.15, -0.1) is 11.6 Å². The van der Waals surface area contributed by atoms with Crippen molar-refractivity contribution in [2.75, 3.05) is 26.8 Å². The minimum atomic E-state index is -0.962. The number of fused-ring (bicyclic) bond motifs is 1. The van der Waals surface area contributed by atoms with E-state index >= 15 is 0 Å². The molecular weight excluding hydrogens is 246 g/mol. The lowest BCUT2D eigenvalue weighted by Gasteiger charge is -2.25. The van der Waals surface area contributed by atoms with E-state index in [4.69, 9.17) is 21.1 Å². The number of esters is 1. The van der Waals surface area contributed by atoms with Gasteiger partial charge in [0.25, 0.3) is 0 Å². The molecule has 3 atom stereocenters. The zero-order valence-corrected chi connectivity index (χ0v) is 10.7. The number of carbonyl (C=O) groups is 2. The van der Waals surface area contributed by atoms with Crippen molar-refractivity contribution < 1.29 is 19.1 Å². The average molecular weight is 262 g/mol. The molecule has 0 bridgehead atoms. The van der Waals surface area contributed by atoms with Gasteiger partial charge in [-0.3, -0.25) is 4.79 Å². The van der Waals surface area contributed by atoms with E-state index in [0.29, 0.717) is 13.2 Å². The van der Waals surface area contributed by atoms with Crippen molar-refractivity contribution in [3.8, 4) is 0 Å². The van der Waals surface area contributed by atoms with Crippen LogP contribution >= 0.6 is 11.6 Å². The number of nitrogens with zero attached hydrogens (tertiary/aromatic N) is 1. The molecule has 2 heterocycles. The molecule has 0 saturated carbocycles. The van der Waals surface area contributed by atoms with E-state index in [1.54, 1.807) is 11.8 Å². The average Bonchev–Trinajstić information content (AvgIpc) is 2.83. The maximum Gasteiger partial charge on any atom is 0.340 e. The molecule has 0 N–H and O–H groups in total. The quantitative estimate of drug-likeness (QED) is 0.534. The van der Waals surface area contributed by atoms with Gasteiger partial charge in [-0.2, -0.15) is 0 Å². The highest BCUT2D eigenvalue weighted by Gasteiger charge is 2.58. The maximum absolute atomic E-state index is 11.8. The summed E-state index contributed by atoms with van der Waals surface area (Å²) < 4.78 is 10.4. The van der Waals surface area contributed by atoms with E-state index in [1.165, 1.54) is 7.11 Å². The van der Waals surface area contributed by atoms with Crippen LogP contribution in [0.25, 0.3) is 0 Å². The van der Waals surface area contributed by atoms with Gasteiger partial charge in [0.05, 0.1) is 13.7 Å². The topological polar surface area (TPSA) is 55.8 Å². The molecule has 2 rings (SSSR count). The van der Waals surface area contributed by atoms with E-state index < -0.39 is 16.9 Å². The van der Waals surface area contributed by atoms with Crippen LogP contribution in [0.5, 0.6) is 0 Å². The Labute approximate surface area is 105 Å². The fourth-order valence-electron chi connectivity index (χ4n) is 2.64. The van der Waals surface area contributed by atoms with Crippen molar-refractivity contribution in [2.45, 2.75) is 24.3 Å². The Morgan fingerprint density at radius 3 is 2.88 bits per heavy atom. The molecule has 0 aliphatic carbocycles. The first kappa shape index (κ1) is 12.6. The van der Waals surface area contributed by atoms with Gasteiger partial charge >= 0.3 is 5.97 Å². The van der Waals surface area contributed by atoms with Gasteiger partial charge in [0, 0.05) is 19.1 Å². The van der Waals surface area contributed by atoms with Gasteiger partial charge in [-0.25, -0.2) is 4.79 Å². The second-order valence-corrected chi connectivity index (χ2v) is 5.20. The van der Waals surface area contributed by atoms with Crippen LogP contribution in [0.2, 0.25) is 0 Å². The van der Waals surface area contributed by atoms with Crippen LogP contribution in [0.1, 0.15) is 13.3 Å². The third-order valence-corrected chi connectivity index (χ3v) is 3.72. The summed E-state index contributed by atoms with van der Waals surface area (Å²) in [5.41, 5.74) is -0.962. The van der Waals surface area contributed by atoms with Gasteiger partial charge in [-0.1, -0.05) is 0 Å². The number of ether oxygens (including phenoxy) is 2. The van der Waals surface area contributed by atoms with Crippen molar-refractivity contribution in [2.24, 2.45) is 5.92 Å². The first-order chi connectivity index (χ1) is 8.01. The third-order valence-electron chi connectivity index (χ3n) is 3.53. The fraction of sp³-hybridized carbons (Fsp3) is 0.818. The van der Waals surface area contributed by atoms with Crippen LogP contribution in [-0.4, -0.2) is 54.6 Å². The number of likely N-dealkylation sites (tertiary alicyclic amines) is 1. The van der Waals surface area contributed by atoms with Crippen molar-refractivity contribution in [1.82, 2.24) is 4.90 Å². The molecule has 1 amide bonds. The third kappa shape index (κ3) is 1.91. The van der Waals surface area contributed by atoms with Crippen LogP contribution in [-0.2, 0) is 19.1 Å². The van der Waals surface area contributed by atoms with Gasteiger partial charge in [0.1, 0.15) is 5.38 Å². The molecule has 2 saturated heterocycles. The first-order valence-electron chi connectivity index (χ1n) is 5.66. The minimum absolute atomic E-state index is 0.0225. The lowest BCUT2D eigenvalue weighted by Crippen LogP contribution is -2.47. The molecule has 0 spiro atoms. The highest BCUT2D eigenvalue weighted by molar-refractivity contribution is 6.30. The largest absolute Gasteiger partial charge is 0.467 e. The second-order valence-electron chi connectivity index (χ2n) is 4.55. The number of halogens is 1. The summed E-state index contributed by atoms with van der Waals surface area (Å²) in [6.45, 7) is 2.94. The van der Waals surface area contributed by atoms with Crippen LogP contribution in [0.3, 0.4) is 0 Å². The van der Waals surface area contributed by atoms with Crippen LogP contribution in [0.15, 0.2) is 0 Å². The molecule has 2 fully saturated rings. The molecule has 5 nitrogen and oxygen atoms in total. The molecule has 2 aliphatic heterocycles. The summed E-state index contributed by atoms with van der Waals surface area (Å²) in [6.07, 6.45) is 0.773. The van der Waals surface area contributed by atoms with E-state index in [9.17, 15) is 9.59 Å². The molecule has 96 valence electrons. The van der Waals surface area contributed by atoms with Crippen LogP contribution in [0.4, 0.5) is 0 Å². The number of carbonyl (C=O) groups excluding carboxylic acids is 2. The predicted octanol–water partition coefficient (Wildman–Crippen LogP) is 0.404. The monoisotopic (exact) mass is 261 g/mol. The van der Waals surface area contributed by atoms with Gasteiger partial charge in [-0.05, 0) is 13.3 Å². The Hall–Kier alpha value is -0.810. The van der Waals surface area contributed by atoms with Gasteiger partial charge < -0.3 is 14.4 Å². The van der Waals surface area contributed by atoms with E-state index in [1.807, 2.05) is 0 Å². The smallest absolute Gasteiger partial charge is 0.340 e. The Kier molecular flexibility index (Phi) is 3.32. The standard InChI is InChI=1S/C11H16ClNO4/c1-7(12)9(14)13-5-8-3-4-17-11(8,6-13)10(15)16-2/h7-8H,3-6H2,1-2H3/t7?,8-,11+/m1/s1. The lowest BCUT2D eigenvalue weighted by atomic mass is 9.91. The number of alkyl halides is 1. The normalized spacial score (nSPS) is 33.4. The minimum Gasteiger partial charge on any atom is -0.467 e. The summed E-state index contributed by atoms with van der Waals surface area (Å²) in [5.74, 6) is -0.528. The Balaban J connectivity index is 2.17. The summed E-state index contributed by atoms with van der Waals surface area (Å²) in [7, 11) is 1.34. The summed E-state index contributed by atoms with van der Waals surface area (Å²) in [6, 6.07) is 0. The van der Waals surface area contributed by atoms with Crippen LogP contribution in [0, 0.1) is 5.92 Å². The SMILES string of the molecule is COC(=O)[C@]12CN(C(=O)C(C)Cl)C[C@H]1CCO2. The zero-order valence-electron chi connectivity index (χ0n) is 9.94. The molecule has 2 aliphatic rings. The maximum atomic E-state index is 11.8. The fourth-order valence-corrected chi connectivity index (χ4v) is 2.78. The van der Waals surface area contributed by atoms with Crippen molar-refractivity contribution >= 4 is 23.5 Å². The van der Waals surface area contributed by atoms with Crippen molar-refractivity contribution in [3.05, 3.63) is 0 Å². The Bertz CT molecular complexity index is 346. The highest BCUT2D eigenvalue weighted by atomic mass is 35.5. The Morgan fingerprint density at radius 2 is 2.29 bits per heavy atom.